The second-order valence-corrected chi connectivity index (χ2v) is 15.2. The molecule has 0 spiro atoms. The second-order valence-electron chi connectivity index (χ2n) is 15.2. The Balaban J connectivity index is 2.07. The fourth-order valence-corrected chi connectivity index (χ4v) is 6.81. The number of carboxylic acids is 1. The van der Waals surface area contributed by atoms with Crippen LogP contribution >= 0.6 is 0 Å². The molecule has 0 aromatic heterocycles. The van der Waals surface area contributed by atoms with Crippen molar-refractivity contribution in [2.75, 3.05) is 7.11 Å². The number of aliphatic carboxylic acids is 1. The van der Waals surface area contributed by atoms with E-state index < -0.39 is 76.2 Å². The van der Waals surface area contributed by atoms with Crippen molar-refractivity contribution in [3.8, 4) is 23.0 Å². The maximum Gasteiger partial charge on any atom is 0.328 e. The molecule has 58 heavy (non-hydrogen) atoms. The SMILES string of the molecule is CCCCCCCCCCCC(=O)N[C@@H](C(=O)O)C1NC(=O)[C@H](CC)NC(=O)[C@H](NC(=O)[C@H](N)CC(C)C)Cc2ccc(c([N+](=O)[O-])c2)Oc2cc1cc(O)c2OC. The van der Waals surface area contributed by atoms with Crippen LogP contribution in [0.4, 0.5) is 5.69 Å². The number of ether oxygens (including phenoxy) is 2. The largest absolute Gasteiger partial charge is 0.504 e. The Hall–Kier alpha value is -5.45. The quantitative estimate of drug-likeness (QED) is 0.0526. The van der Waals surface area contributed by atoms with E-state index in [2.05, 4.69) is 28.2 Å². The number of hydrogen-bond donors (Lipinski definition) is 7. The number of benzene rings is 2. The molecule has 1 unspecified atom stereocenters. The smallest absolute Gasteiger partial charge is 0.328 e. The maximum absolute atomic E-state index is 14.0. The van der Waals surface area contributed by atoms with Crippen LogP contribution in [0.15, 0.2) is 30.3 Å². The summed E-state index contributed by atoms with van der Waals surface area (Å²) in [6.07, 6.45) is 9.13. The summed E-state index contributed by atoms with van der Waals surface area (Å²) in [6.45, 7) is 7.50. The van der Waals surface area contributed by atoms with Gasteiger partial charge in [0.1, 0.15) is 12.1 Å². The van der Waals surface area contributed by atoms with E-state index in [1.807, 2.05) is 13.8 Å². The summed E-state index contributed by atoms with van der Waals surface area (Å²) in [5, 5.41) is 44.3. The molecule has 4 rings (SSSR count). The van der Waals surface area contributed by atoms with Crippen LogP contribution in [0.1, 0.15) is 122 Å². The standard InChI is InChI=1S/C41H60N6O11/c1-6-8-9-10-11-12-13-14-15-16-34(49)45-36(41(53)54)35-26-22-31(48)37(57-5)33(23-26)58-32-18-17-25(21-30(32)47(55)56)20-29(44-38(50)27(42)19-24(3)4)40(52)43-28(7-2)39(51)46-35/h17-18,21-24,27-29,35-36,48H,6-16,19-20,42H2,1-5H3,(H,43,52)(H,44,50)(H,45,49)(H,46,51)(H,53,54)/t27-,28+,29-,35?,36-/m1/s1. The van der Waals surface area contributed by atoms with Crippen LogP contribution in [0.3, 0.4) is 0 Å². The molecule has 8 N–H and O–H groups in total. The van der Waals surface area contributed by atoms with Crippen LogP contribution in [0, 0.1) is 16.0 Å². The highest BCUT2D eigenvalue weighted by atomic mass is 16.6. The van der Waals surface area contributed by atoms with Crippen molar-refractivity contribution in [2.45, 2.75) is 141 Å². The normalized spacial score (nSPS) is 18.0. The van der Waals surface area contributed by atoms with Gasteiger partial charge < -0.3 is 46.7 Å². The molecule has 0 aliphatic carbocycles. The van der Waals surface area contributed by atoms with Gasteiger partial charge in [-0.05, 0) is 54.5 Å². The molecule has 2 aliphatic rings. The third-order valence-electron chi connectivity index (χ3n) is 9.96. The van der Waals surface area contributed by atoms with Crippen LogP contribution in [0.2, 0.25) is 0 Å². The minimum Gasteiger partial charge on any atom is -0.504 e. The van der Waals surface area contributed by atoms with Crippen LogP contribution in [0.5, 0.6) is 23.0 Å². The zero-order chi connectivity index (χ0) is 42.9. The van der Waals surface area contributed by atoms with Gasteiger partial charge in [-0.1, -0.05) is 85.1 Å². The van der Waals surface area contributed by atoms with Crippen molar-refractivity contribution in [3.05, 3.63) is 51.6 Å². The summed E-state index contributed by atoms with van der Waals surface area (Å²) in [6, 6.07) is -0.777. The fraction of sp³-hybridized carbons (Fsp3) is 0.585. The number of carbonyl (C=O) groups excluding carboxylic acids is 4. The summed E-state index contributed by atoms with van der Waals surface area (Å²) in [7, 11) is 1.22. The molecule has 0 saturated heterocycles. The fourth-order valence-electron chi connectivity index (χ4n) is 6.81. The molecule has 2 heterocycles. The number of hydrogen-bond acceptors (Lipinski definition) is 11. The summed E-state index contributed by atoms with van der Waals surface area (Å²) in [5.74, 6) is -5.76. The van der Waals surface area contributed by atoms with Gasteiger partial charge in [-0.15, -0.1) is 0 Å². The number of methoxy groups -OCH3 is 1. The number of phenols is 1. The molecule has 2 aromatic rings. The van der Waals surface area contributed by atoms with E-state index in [1.165, 1.54) is 38.2 Å². The molecule has 320 valence electrons. The van der Waals surface area contributed by atoms with Gasteiger partial charge in [-0.2, -0.15) is 0 Å². The summed E-state index contributed by atoms with van der Waals surface area (Å²) in [5.41, 5.74) is 5.75. The molecule has 0 saturated carbocycles. The number of nitro groups is 1. The zero-order valence-electron chi connectivity index (χ0n) is 34.1. The van der Waals surface area contributed by atoms with E-state index in [-0.39, 0.29) is 53.6 Å². The second kappa shape index (κ2) is 23.1. The van der Waals surface area contributed by atoms with Gasteiger partial charge in [0.15, 0.2) is 17.5 Å². The first-order chi connectivity index (χ1) is 27.6. The van der Waals surface area contributed by atoms with E-state index in [9.17, 15) is 44.3 Å². The number of nitrogens with one attached hydrogen (secondary N) is 4. The van der Waals surface area contributed by atoms with Gasteiger partial charge in [0.2, 0.25) is 35.1 Å². The Morgan fingerprint density at radius 3 is 2.22 bits per heavy atom. The van der Waals surface area contributed by atoms with Crippen molar-refractivity contribution in [2.24, 2.45) is 11.7 Å². The number of nitro benzene ring substituents is 1. The lowest BCUT2D eigenvalue weighted by molar-refractivity contribution is -0.385. The van der Waals surface area contributed by atoms with Gasteiger partial charge in [-0.25, -0.2) is 4.79 Å². The predicted octanol–water partition coefficient (Wildman–Crippen LogP) is 5.06. The van der Waals surface area contributed by atoms with Gasteiger partial charge in [0.25, 0.3) is 0 Å². The van der Waals surface area contributed by atoms with Crippen molar-refractivity contribution >= 4 is 35.3 Å². The number of amides is 4. The average Bonchev–Trinajstić information content (AvgIpc) is 3.16. The van der Waals surface area contributed by atoms with Gasteiger partial charge in [-0.3, -0.25) is 29.3 Å². The Bertz CT molecular complexity index is 1750. The number of phenolic OH excluding ortho intramolecular Hbond substituents is 1. The van der Waals surface area contributed by atoms with E-state index in [4.69, 9.17) is 15.2 Å². The van der Waals surface area contributed by atoms with Gasteiger partial charge >= 0.3 is 11.7 Å². The highest BCUT2D eigenvalue weighted by Crippen LogP contribution is 2.44. The summed E-state index contributed by atoms with van der Waals surface area (Å²) in [4.78, 5) is 78.8. The Kier molecular flexibility index (Phi) is 18.7. The lowest BCUT2D eigenvalue weighted by Crippen LogP contribution is -2.58. The molecule has 4 amide bonds. The van der Waals surface area contributed by atoms with Crippen LogP contribution in [-0.2, 0) is 30.4 Å². The minimum absolute atomic E-state index is 0.00289. The molecule has 0 radical (unpaired) electrons. The molecule has 0 fully saturated rings. The first-order valence-corrected chi connectivity index (χ1v) is 20.1. The molecule has 4 bridgehead atoms. The highest BCUT2D eigenvalue weighted by Gasteiger charge is 2.37. The van der Waals surface area contributed by atoms with E-state index in [0.717, 1.165) is 50.7 Å². The maximum atomic E-state index is 14.0. The van der Waals surface area contributed by atoms with E-state index >= 15 is 0 Å². The molecule has 5 atom stereocenters. The summed E-state index contributed by atoms with van der Waals surface area (Å²) >= 11 is 0. The molecular weight excluding hydrogens is 752 g/mol. The highest BCUT2D eigenvalue weighted by molar-refractivity contribution is 5.94. The number of carbonyl (C=O) groups is 5. The Labute approximate surface area is 339 Å². The number of fused-ring (bicyclic) bond motifs is 9. The van der Waals surface area contributed by atoms with E-state index in [1.54, 1.807) is 6.92 Å². The number of nitrogens with two attached hydrogens (primary N) is 1. The van der Waals surface area contributed by atoms with E-state index in [0.29, 0.717) is 12.8 Å². The number of nitrogens with zero attached hydrogens (tertiary/aromatic N) is 1. The van der Waals surface area contributed by atoms with Crippen molar-refractivity contribution in [1.82, 2.24) is 21.3 Å². The first kappa shape index (κ1) is 46.9. The number of rotatable bonds is 20. The van der Waals surface area contributed by atoms with Gasteiger partial charge in [0.05, 0.1) is 24.1 Å². The minimum atomic E-state index is -1.80. The average molecular weight is 813 g/mol. The van der Waals surface area contributed by atoms with Crippen LogP contribution in [0.25, 0.3) is 0 Å². The number of unbranched alkanes of at least 4 members (excludes halogenated alkanes) is 8. The first-order valence-electron chi connectivity index (χ1n) is 20.1. The summed E-state index contributed by atoms with van der Waals surface area (Å²) < 4.78 is 11.3. The van der Waals surface area contributed by atoms with Gasteiger partial charge in [0, 0.05) is 18.9 Å². The molecule has 17 nitrogen and oxygen atoms in total. The third-order valence-corrected chi connectivity index (χ3v) is 9.96. The Morgan fingerprint density at radius 2 is 1.64 bits per heavy atom. The zero-order valence-corrected chi connectivity index (χ0v) is 34.1. The van der Waals surface area contributed by atoms with Crippen molar-refractivity contribution in [3.63, 3.8) is 0 Å². The Morgan fingerprint density at radius 1 is 0.983 bits per heavy atom. The molecular formula is C41H60N6O11. The molecule has 17 heteroatoms. The third kappa shape index (κ3) is 13.9. The topological polar surface area (TPSA) is 262 Å². The monoisotopic (exact) mass is 812 g/mol. The lowest BCUT2D eigenvalue weighted by atomic mass is 9.96. The lowest BCUT2D eigenvalue weighted by Gasteiger charge is -2.30. The number of aromatic hydroxyl groups is 1. The van der Waals surface area contributed by atoms with Crippen molar-refractivity contribution in [1.29, 1.82) is 0 Å². The molecule has 2 aliphatic heterocycles. The van der Waals surface area contributed by atoms with Crippen LogP contribution < -0.4 is 36.5 Å². The molecule has 2 aromatic carbocycles. The predicted molar refractivity (Wildman–Crippen MR) is 215 cm³/mol. The number of carboxylic acid groups (broad SMARTS) is 1. The van der Waals surface area contributed by atoms with Crippen LogP contribution in [-0.4, -0.2) is 76.0 Å². The van der Waals surface area contributed by atoms with Crippen molar-refractivity contribution < 1.29 is 48.6 Å².